The van der Waals surface area contributed by atoms with Crippen LogP contribution in [0.5, 0.6) is 5.75 Å². The normalized spacial score (nSPS) is 9.85. The minimum absolute atomic E-state index is 0.289. The molecule has 0 saturated carbocycles. The van der Waals surface area contributed by atoms with Gasteiger partial charge in [-0.3, -0.25) is 14.4 Å². The Labute approximate surface area is 119 Å². The Morgan fingerprint density at radius 3 is 2.45 bits per heavy atom. The molecule has 0 aliphatic heterocycles. The number of hydrogen-bond acceptors (Lipinski definition) is 4. The van der Waals surface area contributed by atoms with E-state index >= 15 is 0 Å². The highest BCUT2D eigenvalue weighted by Gasteiger charge is 2.19. The minimum Gasteiger partial charge on any atom is -0.482 e. The molecule has 1 rings (SSSR count). The second kappa shape index (κ2) is 7.34. The van der Waals surface area contributed by atoms with E-state index in [1.54, 1.807) is 24.3 Å². The highest BCUT2D eigenvalue weighted by Crippen LogP contribution is 2.22. The Balaban J connectivity index is 2.64. The summed E-state index contributed by atoms with van der Waals surface area (Å²) in [7, 11) is 0. The molecule has 0 aliphatic carbocycles. The number of carbonyl (C=O) groups is 3. The molecule has 3 N–H and O–H groups in total. The second-order valence-electron chi connectivity index (χ2n) is 3.83. The summed E-state index contributed by atoms with van der Waals surface area (Å²) in [6, 6.07) is 6.51. The molecule has 0 saturated heterocycles. The fourth-order valence-corrected chi connectivity index (χ4v) is 1.57. The van der Waals surface area contributed by atoms with Crippen LogP contribution in [0.2, 0.25) is 5.02 Å². The molecule has 7 nitrogen and oxygen atoms in total. The fourth-order valence-electron chi connectivity index (χ4n) is 1.38. The summed E-state index contributed by atoms with van der Waals surface area (Å²) in [5, 5.41) is 8.99. The zero-order valence-corrected chi connectivity index (χ0v) is 11.2. The van der Waals surface area contributed by atoms with Crippen molar-refractivity contribution in [2.24, 2.45) is 5.73 Å². The lowest BCUT2D eigenvalue weighted by molar-refractivity contribution is -0.146. The number of carboxylic acids is 1. The van der Waals surface area contributed by atoms with Gasteiger partial charge in [-0.15, -0.1) is 0 Å². The van der Waals surface area contributed by atoms with E-state index in [-0.39, 0.29) is 5.75 Å². The van der Waals surface area contributed by atoms with E-state index in [4.69, 9.17) is 27.2 Å². The molecule has 2 amide bonds. The third-order valence-corrected chi connectivity index (χ3v) is 2.53. The van der Waals surface area contributed by atoms with Gasteiger partial charge in [0.1, 0.15) is 18.8 Å². The molecule has 0 radical (unpaired) electrons. The van der Waals surface area contributed by atoms with Gasteiger partial charge in [0.15, 0.2) is 6.61 Å². The lowest BCUT2D eigenvalue weighted by atomic mass is 10.3. The van der Waals surface area contributed by atoms with E-state index in [0.717, 1.165) is 4.90 Å². The molecule has 20 heavy (non-hydrogen) atoms. The van der Waals surface area contributed by atoms with Crippen molar-refractivity contribution in [1.82, 2.24) is 4.90 Å². The maximum absolute atomic E-state index is 11.8. The smallest absolute Gasteiger partial charge is 0.323 e. The van der Waals surface area contributed by atoms with E-state index in [0.29, 0.717) is 5.02 Å². The number of hydrogen-bond donors (Lipinski definition) is 2. The highest BCUT2D eigenvalue weighted by molar-refractivity contribution is 6.32. The van der Waals surface area contributed by atoms with Crippen molar-refractivity contribution in [1.29, 1.82) is 0 Å². The first kappa shape index (κ1) is 15.8. The van der Waals surface area contributed by atoms with E-state index in [2.05, 4.69) is 0 Å². The number of nitrogens with zero attached hydrogens (tertiary/aromatic N) is 1. The zero-order valence-electron chi connectivity index (χ0n) is 10.4. The van der Waals surface area contributed by atoms with Crippen molar-refractivity contribution in [3.63, 3.8) is 0 Å². The number of benzene rings is 1. The molecule has 0 atom stereocenters. The van der Waals surface area contributed by atoms with Crippen molar-refractivity contribution in [2.45, 2.75) is 0 Å². The summed E-state index contributed by atoms with van der Waals surface area (Å²) >= 11 is 5.84. The first-order valence-electron chi connectivity index (χ1n) is 5.55. The molecule has 0 bridgehead atoms. The van der Waals surface area contributed by atoms with Gasteiger partial charge in [0.2, 0.25) is 5.91 Å². The number of carbonyl (C=O) groups excluding carboxylic acids is 2. The van der Waals surface area contributed by atoms with Gasteiger partial charge in [0, 0.05) is 0 Å². The van der Waals surface area contributed by atoms with E-state index in [1.165, 1.54) is 0 Å². The monoisotopic (exact) mass is 300 g/mol. The maximum Gasteiger partial charge on any atom is 0.323 e. The van der Waals surface area contributed by atoms with Crippen LogP contribution in [-0.2, 0) is 14.4 Å². The lowest BCUT2D eigenvalue weighted by Crippen LogP contribution is -2.43. The van der Waals surface area contributed by atoms with Crippen LogP contribution in [0, 0.1) is 0 Å². The number of aliphatic carboxylic acids is 1. The summed E-state index contributed by atoms with van der Waals surface area (Å²) in [6.07, 6.45) is 0. The van der Waals surface area contributed by atoms with Crippen LogP contribution < -0.4 is 10.5 Å². The number of carboxylic acid groups (broad SMARTS) is 1. The first-order valence-corrected chi connectivity index (χ1v) is 5.93. The fraction of sp³-hybridized carbons (Fsp3) is 0.250. The minimum atomic E-state index is -1.25. The Hall–Kier alpha value is -2.28. The van der Waals surface area contributed by atoms with Crippen LogP contribution in [0.15, 0.2) is 24.3 Å². The third kappa shape index (κ3) is 5.15. The molecule has 0 fully saturated rings. The van der Waals surface area contributed by atoms with Crippen LogP contribution in [0.1, 0.15) is 0 Å². The van der Waals surface area contributed by atoms with Gasteiger partial charge >= 0.3 is 5.97 Å². The van der Waals surface area contributed by atoms with Gasteiger partial charge in [-0.2, -0.15) is 0 Å². The molecule has 0 spiro atoms. The van der Waals surface area contributed by atoms with Crippen LogP contribution in [0.25, 0.3) is 0 Å². The number of nitrogens with two attached hydrogens (primary N) is 1. The van der Waals surface area contributed by atoms with E-state index in [9.17, 15) is 14.4 Å². The van der Waals surface area contributed by atoms with Gasteiger partial charge in [0.25, 0.3) is 5.91 Å². The Kier molecular flexibility index (Phi) is 5.79. The van der Waals surface area contributed by atoms with E-state index < -0.39 is 37.5 Å². The van der Waals surface area contributed by atoms with Crippen molar-refractivity contribution in [3.05, 3.63) is 29.3 Å². The van der Waals surface area contributed by atoms with Crippen LogP contribution in [0.3, 0.4) is 0 Å². The zero-order chi connectivity index (χ0) is 15.1. The summed E-state index contributed by atoms with van der Waals surface area (Å²) in [6.45, 7) is -1.56. The summed E-state index contributed by atoms with van der Waals surface area (Å²) < 4.78 is 5.17. The number of ether oxygens (including phenoxy) is 1. The number of para-hydroxylation sites is 1. The predicted molar refractivity (Wildman–Crippen MR) is 70.4 cm³/mol. The Morgan fingerprint density at radius 2 is 1.90 bits per heavy atom. The van der Waals surface area contributed by atoms with Gasteiger partial charge in [0.05, 0.1) is 5.02 Å². The van der Waals surface area contributed by atoms with Gasteiger partial charge < -0.3 is 20.5 Å². The van der Waals surface area contributed by atoms with Gasteiger partial charge in [-0.25, -0.2) is 0 Å². The lowest BCUT2D eigenvalue weighted by Gasteiger charge is -2.19. The molecule has 8 heteroatoms. The molecule has 0 aliphatic rings. The number of primary amides is 1. The molecular weight excluding hydrogens is 288 g/mol. The summed E-state index contributed by atoms with van der Waals surface area (Å²) in [5.74, 6) is -2.45. The molecule has 0 unspecified atom stereocenters. The topological polar surface area (TPSA) is 110 Å². The number of amides is 2. The average molecular weight is 301 g/mol. The average Bonchev–Trinajstić information content (AvgIpc) is 2.35. The van der Waals surface area contributed by atoms with Gasteiger partial charge in [-0.1, -0.05) is 23.7 Å². The molecule has 1 aromatic carbocycles. The Bertz CT molecular complexity index is 504. The number of halogens is 1. The van der Waals surface area contributed by atoms with Crippen molar-refractivity contribution >= 4 is 29.4 Å². The number of rotatable bonds is 7. The molecule has 1 aromatic rings. The Morgan fingerprint density at radius 1 is 1.25 bits per heavy atom. The van der Waals surface area contributed by atoms with Crippen LogP contribution in [0.4, 0.5) is 0 Å². The van der Waals surface area contributed by atoms with Gasteiger partial charge in [-0.05, 0) is 12.1 Å². The molecule has 0 heterocycles. The summed E-state index contributed by atoms with van der Waals surface area (Å²) in [5.41, 5.74) is 4.95. The predicted octanol–water partition coefficient (Wildman–Crippen LogP) is 0.117. The maximum atomic E-state index is 11.8. The summed E-state index contributed by atoms with van der Waals surface area (Å²) in [4.78, 5) is 34.0. The van der Waals surface area contributed by atoms with Crippen LogP contribution in [-0.4, -0.2) is 47.5 Å². The van der Waals surface area contributed by atoms with Crippen LogP contribution >= 0.6 is 11.6 Å². The highest BCUT2D eigenvalue weighted by atomic mass is 35.5. The quantitative estimate of drug-likeness (QED) is 0.743. The van der Waals surface area contributed by atoms with Crippen molar-refractivity contribution < 1.29 is 24.2 Å². The van der Waals surface area contributed by atoms with Crippen molar-refractivity contribution in [3.8, 4) is 5.75 Å². The molecule has 0 aromatic heterocycles. The molecular formula is C12H13ClN2O5. The largest absolute Gasteiger partial charge is 0.482 e. The van der Waals surface area contributed by atoms with Crippen molar-refractivity contribution in [2.75, 3.05) is 19.7 Å². The standard InChI is InChI=1S/C12H13ClN2O5/c13-8-3-1-2-4-9(8)20-7-11(17)15(5-10(14)16)6-12(18)19/h1-4H,5-7H2,(H2,14,16)(H,18,19). The second-order valence-corrected chi connectivity index (χ2v) is 4.24. The SMILES string of the molecule is NC(=O)CN(CC(=O)O)C(=O)COc1ccccc1Cl. The van der Waals surface area contributed by atoms with E-state index in [1.807, 2.05) is 0 Å². The third-order valence-electron chi connectivity index (χ3n) is 2.21. The first-order chi connectivity index (χ1) is 9.40. The molecule has 108 valence electrons.